The smallest absolute Gasteiger partial charge is 0.257 e. The van der Waals surface area contributed by atoms with E-state index in [9.17, 15) is 9.59 Å². The van der Waals surface area contributed by atoms with E-state index in [0.717, 1.165) is 62.0 Å². The van der Waals surface area contributed by atoms with Gasteiger partial charge in [-0.3, -0.25) is 14.6 Å². The third-order valence-corrected chi connectivity index (χ3v) is 7.05. The van der Waals surface area contributed by atoms with Crippen molar-refractivity contribution in [3.8, 4) is 5.88 Å². The molecule has 0 radical (unpaired) electrons. The first-order valence-corrected chi connectivity index (χ1v) is 13.2. The molecule has 0 saturated carbocycles. The predicted octanol–water partition coefficient (Wildman–Crippen LogP) is 3.36. The number of rotatable bonds is 10. The Morgan fingerprint density at radius 2 is 1.97 bits per heavy atom. The van der Waals surface area contributed by atoms with Crippen LogP contribution in [-0.4, -0.2) is 60.3 Å². The molecule has 1 fully saturated rings. The zero-order chi connectivity index (χ0) is 26.2. The predicted molar refractivity (Wildman–Crippen MR) is 148 cm³/mol. The van der Waals surface area contributed by atoms with Crippen LogP contribution in [0.1, 0.15) is 29.8 Å². The molecule has 0 unspecified atom stereocenters. The van der Waals surface area contributed by atoms with Crippen LogP contribution in [0.2, 0.25) is 0 Å². The molecule has 10 heteroatoms. The van der Waals surface area contributed by atoms with Gasteiger partial charge in [0.1, 0.15) is 0 Å². The molecular formula is C27H32N6O3S. The molecule has 194 valence electrons. The van der Waals surface area contributed by atoms with Gasteiger partial charge in [-0.2, -0.15) is 4.98 Å². The fraction of sp³-hybridized carbons (Fsp3) is 0.370. The molecule has 1 aliphatic rings. The Labute approximate surface area is 221 Å². The molecule has 1 amide bonds. The lowest BCUT2D eigenvalue weighted by molar-refractivity contribution is -0.116. The number of piperidine rings is 1. The van der Waals surface area contributed by atoms with Crippen LogP contribution in [-0.2, 0) is 16.1 Å². The molecular weight excluding hydrogens is 488 g/mol. The number of nitrogens with zero attached hydrogens (tertiary/aromatic N) is 4. The van der Waals surface area contributed by atoms with Crippen molar-refractivity contribution < 1.29 is 14.3 Å². The number of pyridine rings is 1. The number of carbonyl (C=O) groups is 2. The average Bonchev–Trinajstić information content (AvgIpc) is 2.92. The van der Waals surface area contributed by atoms with Crippen molar-refractivity contribution in [3.05, 3.63) is 58.3 Å². The zero-order valence-electron chi connectivity index (χ0n) is 21.4. The highest BCUT2D eigenvalue weighted by Crippen LogP contribution is 2.25. The second-order valence-corrected chi connectivity index (χ2v) is 9.81. The van der Waals surface area contributed by atoms with E-state index < -0.39 is 0 Å². The second kappa shape index (κ2) is 12.6. The number of aromatic nitrogens is 3. The highest BCUT2D eigenvalue weighted by Gasteiger charge is 2.22. The maximum Gasteiger partial charge on any atom is 0.257 e. The van der Waals surface area contributed by atoms with Gasteiger partial charge >= 0.3 is 0 Å². The minimum Gasteiger partial charge on any atom is -0.481 e. The van der Waals surface area contributed by atoms with Crippen LogP contribution in [0, 0.1) is 12.8 Å². The van der Waals surface area contributed by atoms with E-state index >= 15 is 0 Å². The van der Waals surface area contributed by atoms with Crippen LogP contribution in [0.4, 0.5) is 5.95 Å². The number of nitrogens with one attached hydrogen (secondary N) is 2. The number of anilines is 1. The van der Waals surface area contributed by atoms with Gasteiger partial charge in [0.25, 0.3) is 5.91 Å². The maximum absolute atomic E-state index is 12.1. The van der Waals surface area contributed by atoms with Crippen LogP contribution < -0.4 is 20.3 Å². The number of carbonyl (C=O) groups excluding carboxylic acids is 2. The van der Waals surface area contributed by atoms with E-state index in [2.05, 4.69) is 54.8 Å². The van der Waals surface area contributed by atoms with Gasteiger partial charge in [-0.25, -0.2) is 4.98 Å². The highest BCUT2D eigenvalue weighted by molar-refractivity contribution is 8.16. The van der Waals surface area contributed by atoms with E-state index in [1.54, 1.807) is 19.3 Å². The number of benzene rings is 1. The molecule has 9 nitrogen and oxygen atoms in total. The highest BCUT2D eigenvalue weighted by atomic mass is 32.2. The van der Waals surface area contributed by atoms with Crippen LogP contribution >= 0.6 is 11.8 Å². The number of amides is 1. The van der Waals surface area contributed by atoms with Crippen molar-refractivity contribution in [1.29, 1.82) is 0 Å². The molecule has 0 bridgehead atoms. The van der Waals surface area contributed by atoms with Gasteiger partial charge in [-0.05, 0) is 67.8 Å². The molecule has 1 aliphatic heterocycles. The Morgan fingerprint density at radius 3 is 2.70 bits per heavy atom. The summed E-state index contributed by atoms with van der Waals surface area (Å²) in [6, 6.07) is 12.1. The number of hydrogen-bond donors (Lipinski definition) is 2. The Bertz CT molecular complexity index is 1290. The summed E-state index contributed by atoms with van der Waals surface area (Å²) >= 11 is 0.809. The SMILES string of the molecule is CNC(=O)/C(=C/c1cc(OC)nc(N2CCC(CNCc3cc(C)nc4ccccc34)CC2)n1)SC=O. The Kier molecular flexibility index (Phi) is 9.08. The van der Waals surface area contributed by atoms with Crippen molar-refractivity contribution in [1.82, 2.24) is 25.6 Å². The minimum atomic E-state index is -0.348. The van der Waals surface area contributed by atoms with E-state index in [1.165, 1.54) is 18.0 Å². The van der Waals surface area contributed by atoms with Gasteiger partial charge in [0, 0.05) is 43.8 Å². The zero-order valence-corrected chi connectivity index (χ0v) is 22.2. The second-order valence-electron chi connectivity index (χ2n) is 8.94. The van der Waals surface area contributed by atoms with Gasteiger partial charge in [-0.15, -0.1) is 0 Å². The van der Waals surface area contributed by atoms with E-state index in [-0.39, 0.29) is 10.8 Å². The van der Waals surface area contributed by atoms with Gasteiger partial charge < -0.3 is 20.3 Å². The number of fused-ring (bicyclic) bond motifs is 1. The molecule has 0 spiro atoms. The quantitative estimate of drug-likeness (QED) is 0.307. The largest absolute Gasteiger partial charge is 0.481 e. The topological polar surface area (TPSA) is 109 Å². The summed E-state index contributed by atoms with van der Waals surface area (Å²) in [5, 5.41) is 7.38. The van der Waals surface area contributed by atoms with Crippen molar-refractivity contribution in [2.75, 3.05) is 38.7 Å². The molecule has 3 aromatic rings. The standard InChI is InChI=1S/C27H32N6O3S/c1-18-12-20(22-6-4-5-7-23(22)30-18)16-29-15-19-8-10-33(11-9-19)27-31-21(14-25(32-27)36-3)13-24(37-17-34)26(35)28-2/h4-7,12-14,17,19,29H,8-11,15-16H2,1-3H3,(H,28,35)/b24-13-. The summed E-state index contributed by atoms with van der Waals surface area (Å²) in [6.45, 7) is 5.44. The molecule has 4 rings (SSSR count). The number of ether oxygens (including phenoxy) is 1. The van der Waals surface area contributed by atoms with E-state index in [0.29, 0.717) is 29.1 Å². The fourth-order valence-electron chi connectivity index (χ4n) is 4.50. The maximum atomic E-state index is 12.1. The Morgan fingerprint density at radius 1 is 1.19 bits per heavy atom. The lowest BCUT2D eigenvalue weighted by Gasteiger charge is -2.32. The Balaban J connectivity index is 1.37. The molecule has 1 aromatic carbocycles. The molecule has 0 atom stereocenters. The number of para-hydroxylation sites is 1. The number of thioether (sulfide) groups is 1. The first-order valence-electron chi connectivity index (χ1n) is 12.3. The summed E-state index contributed by atoms with van der Waals surface area (Å²) in [5.74, 6) is 1.18. The third kappa shape index (κ3) is 6.84. The monoisotopic (exact) mass is 520 g/mol. The molecule has 2 N–H and O–H groups in total. The summed E-state index contributed by atoms with van der Waals surface area (Å²) in [5.41, 5.74) is 4.47. The number of methoxy groups -OCH3 is 1. The lowest BCUT2D eigenvalue weighted by atomic mass is 9.97. The lowest BCUT2D eigenvalue weighted by Crippen LogP contribution is -2.38. The molecule has 37 heavy (non-hydrogen) atoms. The number of aryl methyl sites for hydroxylation is 1. The molecule has 2 aromatic heterocycles. The van der Waals surface area contributed by atoms with Crippen molar-refractivity contribution in [2.45, 2.75) is 26.3 Å². The summed E-state index contributed by atoms with van der Waals surface area (Å²) in [4.78, 5) is 39.3. The first-order chi connectivity index (χ1) is 18.0. The van der Waals surface area contributed by atoms with Gasteiger partial charge in [0.15, 0.2) is 5.62 Å². The molecule has 0 aliphatic carbocycles. The van der Waals surface area contributed by atoms with Gasteiger partial charge in [0.2, 0.25) is 11.8 Å². The minimum absolute atomic E-state index is 0.256. The van der Waals surface area contributed by atoms with Crippen LogP contribution in [0.5, 0.6) is 5.88 Å². The fourth-order valence-corrected chi connectivity index (χ4v) is 5.00. The van der Waals surface area contributed by atoms with Crippen LogP contribution in [0.25, 0.3) is 17.0 Å². The summed E-state index contributed by atoms with van der Waals surface area (Å²) in [6.07, 6.45) is 3.60. The van der Waals surface area contributed by atoms with Gasteiger partial charge in [-0.1, -0.05) is 18.2 Å². The van der Waals surface area contributed by atoms with Crippen LogP contribution in [0.3, 0.4) is 0 Å². The normalized spacial score (nSPS) is 14.6. The van der Waals surface area contributed by atoms with Crippen LogP contribution in [0.15, 0.2) is 41.3 Å². The summed E-state index contributed by atoms with van der Waals surface area (Å²) < 4.78 is 5.37. The number of hydrogen-bond acceptors (Lipinski definition) is 9. The van der Waals surface area contributed by atoms with E-state index in [4.69, 9.17) is 4.74 Å². The number of likely N-dealkylation sites (N-methyl/N-ethyl adjacent to an activating group) is 1. The summed E-state index contributed by atoms with van der Waals surface area (Å²) in [7, 11) is 3.07. The van der Waals surface area contributed by atoms with E-state index in [1.807, 2.05) is 13.0 Å². The third-order valence-electron chi connectivity index (χ3n) is 6.40. The molecule has 3 heterocycles. The first kappa shape index (κ1) is 26.6. The van der Waals surface area contributed by atoms with Gasteiger partial charge in [0.05, 0.1) is 23.2 Å². The molecule has 1 saturated heterocycles. The average molecular weight is 521 g/mol. The Hall–Kier alpha value is -3.50. The van der Waals surface area contributed by atoms with Crippen molar-refractivity contribution in [3.63, 3.8) is 0 Å². The van der Waals surface area contributed by atoms with Crippen molar-refractivity contribution in [2.24, 2.45) is 5.92 Å². The van der Waals surface area contributed by atoms with Crippen molar-refractivity contribution >= 4 is 46.2 Å².